The van der Waals surface area contributed by atoms with Gasteiger partial charge in [0.2, 0.25) is 0 Å². The van der Waals surface area contributed by atoms with Crippen LogP contribution in [0.2, 0.25) is 0 Å². The van der Waals surface area contributed by atoms with Gasteiger partial charge in [-0.2, -0.15) is 0 Å². The highest BCUT2D eigenvalue weighted by Gasteiger charge is 2.23. The second kappa shape index (κ2) is 7.71. The van der Waals surface area contributed by atoms with Gasteiger partial charge in [-0.05, 0) is 48.4 Å². The van der Waals surface area contributed by atoms with Crippen LogP contribution in [0.3, 0.4) is 0 Å². The summed E-state index contributed by atoms with van der Waals surface area (Å²) in [4.78, 5) is 25.7. The molecule has 2 aromatic rings. The zero-order valence-corrected chi connectivity index (χ0v) is 14.6. The Kier molecular flexibility index (Phi) is 5.36. The van der Waals surface area contributed by atoms with Crippen molar-refractivity contribution in [1.29, 1.82) is 0 Å². The maximum absolute atomic E-state index is 13.2. The molecule has 1 unspecified atom stereocenters. The van der Waals surface area contributed by atoms with E-state index < -0.39 is 23.6 Å². The van der Waals surface area contributed by atoms with Gasteiger partial charge < -0.3 is 15.7 Å². The minimum atomic E-state index is -1.17. The maximum Gasteiger partial charge on any atom is 0.322 e. The number of benzene rings is 2. The summed E-state index contributed by atoms with van der Waals surface area (Å²) in [6.07, 6.45) is -1.17. The predicted octanol–water partition coefficient (Wildman–Crippen LogP) is 2.27. The molecule has 27 heavy (non-hydrogen) atoms. The minimum absolute atomic E-state index is 0.154. The summed E-state index contributed by atoms with van der Waals surface area (Å²) < 4.78 is 26.2. The van der Waals surface area contributed by atoms with E-state index in [0.717, 1.165) is 23.4 Å². The molecule has 0 radical (unpaired) electrons. The fourth-order valence-electron chi connectivity index (χ4n) is 2.93. The van der Waals surface area contributed by atoms with Gasteiger partial charge in [0.15, 0.2) is 11.6 Å². The molecule has 142 valence electrons. The molecule has 3 N–H and O–H groups in total. The molecular formula is C19H19F2N3O3. The first-order chi connectivity index (χ1) is 12.9. The number of nitrogens with zero attached hydrogens (tertiary/aromatic N) is 1. The third-order valence-electron chi connectivity index (χ3n) is 4.39. The molecule has 8 heteroatoms. The first-order valence-electron chi connectivity index (χ1n) is 8.44. The van der Waals surface area contributed by atoms with Crippen LogP contribution >= 0.6 is 0 Å². The van der Waals surface area contributed by atoms with Crippen molar-refractivity contribution in [2.45, 2.75) is 13.0 Å². The van der Waals surface area contributed by atoms with Crippen molar-refractivity contribution in [3.8, 4) is 0 Å². The van der Waals surface area contributed by atoms with Crippen molar-refractivity contribution in [2.75, 3.05) is 24.5 Å². The molecule has 2 aromatic carbocycles. The average Bonchev–Trinajstić information content (AvgIpc) is 3.07. The lowest BCUT2D eigenvalue weighted by atomic mass is 10.1. The summed E-state index contributed by atoms with van der Waals surface area (Å²) in [5.41, 5.74) is 2.03. The molecule has 0 aromatic heterocycles. The highest BCUT2D eigenvalue weighted by molar-refractivity contribution is 5.97. The van der Waals surface area contributed by atoms with Gasteiger partial charge in [-0.15, -0.1) is 0 Å². The number of carbonyl (C=O) groups excluding carboxylic acids is 2. The quantitative estimate of drug-likeness (QED) is 0.750. The van der Waals surface area contributed by atoms with E-state index in [0.29, 0.717) is 18.7 Å². The minimum Gasteiger partial charge on any atom is -0.387 e. The topological polar surface area (TPSA) is 81.7 Å². The van der Waals surface area contributed by atoms with Crippen LogP contribution in [0.15, 0.2) is 36.4 Å². The van der Waals surface area contributed by atoms with Crippen LogP contribution in [-0.2, 0) is 0 Å². The number of aryl methyl sites for hydroxylation is 1. The monoisotopic (exact) mass is 375 g/mol. The van der Waals surface area contributed by atoms with Gasteiger partial charge in [0, 0.05) is 30.9 Å². The first-order valence-corrected chi connectivity index (χ1v) is 8.44. The van der Waals surface area contributed by atoms with E-state index in [4.69, 9.17) is 0 Å². The number of rotatable bonds is 5. The van der Waals surface area contributed by atoms with E-state index in [1.54, 1.807) is 30.0 Å². The Hall–Kier alpha value is -3.00. The summed E-state index contributed by atoms with van der Waals surface area (Å²) in [5.74, 6) is -2.48. The lowest BCUT2D eigenvalue weighted by molar-refractivity contribution is 0.0916. The lowest BCUT2D eigenvalue weighted by Gasteiger charge is -2.18. The fraction of sp³-hybridized carbons (Fsp3) is 0.263. The standard InChI is InChI=1S/C19H19F2N3O3/c1-11-8-13(3-5-16(11)24-7-6-22-19(24)27)18(26)23-10-17(25)12-2-4-14(20)15(21)9-12/h2-5,8-9,17,25H,6-7,10H2,1H3,(H,22,27)(H,23,26). The number of hydrogen-bond acceptors (Lipinski definition) is 3. The van der Waals surface area contributed by atoms with Crippen molar-refractivity contribution in [2.24, 2.45) is 0 Å². The largest absolute Gasteiger partial charge is 0.387 e. The van der Waals surface area contributed by atoms with Gasteiger partial charge in [0.25, 0.3) is 5.91 Å². The normalized spacial score (nSPS) is 14.8. The smallest absolute Gasteiger partial charge is 0.322 e. The maximum atomic E-state index is 13.2. The Labute approximate surface area is 154 Å². The number of anilines is 1. The molecule has 1 fully saturated rings. The first kappa shape index (κ1) is 18.8. The molecular weight excluding hydrogens is 356 g/mol. The highest BCUT2D eigenvalue weighted by atomic mass is 19.2. The summed E-state index contributed by atoms with van der Waals surface area (Å²) in [6, 6.07) is 7.84. The summed E-state index contributed by atoms with van der Waals surface area (Å²) in [5, 5.41) is 15.3. The Bertz CT molecular complexity index is 888. The van der Waals surface area contributed by atoms with E-state index in [9.17, 15) is 23.5 Å². The van der Waals surface area contributed by atoms with Crippen LogP contribution in [0.25, 0.3) is 0 Å². The summed E-state index contributed by atoms with van der Waals surface area (Å²) in [6.45, 7) is 2.78. The summed E-state index contributed by atoms with van der Waals surface area (Å²) >= 11 is 0. The summed E-state index contributed by atoms with van der Waals surface area (Å²) in [7, 11) is 0. The van der Waals surface area contributed by atoms with Crippen LogP contribution in [0.5, 0.6) is 0 Å². The van der Waals surface area contributed by atoms with Gasteiger partial charge >= 0.3 is 6.03 Å². The van der Waals surface area contributed by atoms with E-state index in [2.05, 4.69) is 10.6 Å². The Balaban J connectivity index is 1.64. The van der Waals surface area contributed by atoms with Gasteiger partial charge in [-0.25, -0.2) is 13.6 Å². The number of amides is 3. The van der Waals surface area contributed by atoms with Gasteiger partial charge in [-0.1, -0.05) is 6.07 Å². The van der Waals surface area contributed by atoms with Crippen molar-refractivity contribution >= 4 is 17.6 Å². The van der Waals surface area contributed by atoms with Crippen molar-refractivity contribution in [3.63, 3.8) is 0 Å². The number of halogens is 2. The van der Waals surface area contributed by atoms with Gasteiger partial charge in [0.05, 0.1) is 6.10 Å². The number of aliphatic hydroxyl groups excluding tert-OH is 1. The number of carbonyl (C=O) groups is 2. The van der Waals surface area contributed by atoms with Crippen LogP contribution in [0, 0.1) is 18.6 Å². The Morgan fingerprint density at radius 1 is 1.26 bits per heavy atom. The van der Waals surface area contributed by atoms with Crippen molar-refractivity contribution in [1.82, 2.24) is 10.6 Å². The molecule has 3 rings (SSSR count). The van der Waals surface area contributed by atoms with Crippen LogP contribution < -0.4 is 15.5 Å². The van der Waals surface area contributed by atoms with E-state index in [1.165, 1.54) is 6.07 Å². The van der Waals surface area contributed by atoms with E-state index in [-0.39, 0.29) is 18.1 Å². The highest BCUT2D eigenvalue weighted by Crippen LogP contribution is 2.23. The predicted molar refractivity (Wildman–Crippen MR) is 95.6 cm³/mol. The number of hydrogen-bond donors (Lipinski definition) is 3. The molecule has 1 aliphatic heterocycles. The number of urea groups is 1. The van der Waals surface area contributed by atoms with Gasteiger partial charge in [0.1, 0.15) is 0 Å². The Morgan fingerprint density at radius 2 is 2.04 bits per heavy atom. The average molecular weight is 375 g/mol. The van der Waals surface area contributed by atoms with E-state index >= 15 is 0 Å². The Morgan fingerprint density at radius 3 is 2.67 bits per heavy atom. The van der Waals surface area contributed by atoms with Crippen molar-refractivity contribution < 1.29 is 23.5 Å². The molecule has 1 atom stereocenters. The zero-order chi connectivity index (χ0) is 19.6. The SMILES string of the molecule is Cc1cc(C(=O)NCC(O)c2ccc(F)c(F)c2)ccc1N1CCNC1=O. The fourth-order valence-corrected chi connectivity index (χ4v) is 2.93. The molecule has 0 bridgehead atoms. The second-order valence-electron chi connectivity index (χ2n) is 6.28. The third-order valence-corrected chi connectivity index (χ3v) is 4.39. The lowest BCUT2D eigenvalue weighted by Crippen LogP contribution is -2.30. The van der Waals surface area contributed by atoms with Crippen LogP contribution in [-0.4, -0.2) is 36.7 Å². The molecule has 0 aliphatic carbocycles. The molecule has 1 heterocycles. The molecule has 0 spiro atoms. The molecule has 1 saturated heterocycles. The third kappa shape index (κ3) is 4.06. The molecule has 0 saturated carbocycles. The van der Waals surface area contributed by atoms with Crippen LogP contribution in [0.4, 0.5) is 19.3 Å². The number of nitrogens with one attached hydrogen (secondary N) is 2. The zero-order valence-electron chi connectivity index (χ0n) is 14.6. The number of aliphatic hydroxyl groups is 1. The van der Waals surface area contributed by atoms with Crippen LogP contribution in [0.1, 0.15) is 27.6 Å². The van der Waals surface area contributed by atoms with Crippen molar-refractivity contribution in [3.05, 3.63) is 64.7 Å². The molecule has 1 aliphatic rings. The molecule has 6 nitrogen and oxygen atoms in total. The second-order valence-corrected chi connectivity index (χ2v) is 6.28. The molecule has 3 amide bonds. The van der Waals surface area contributed by atoms with Gasteiger partial charge in [-0.3, -0.25) is 9.69 Å². The van der Waals surface area contributed by atoms with E-state index in [1.807, 2.05) is 0 Å².